The molecule has 2 fully saturated rings. The van der Waals surface area contributed by atoms with Crippen LogP contribution >= 0.6 is 0 Å². The summed E-state index contributed by atoms with van der Waals surface area (Å²) in [7, 11) is 0. The maximum Gasteiger partial charge on any atom is 0.220 e. The van der Waals surface area contributed by atoms with Crippen molar-refractivity contribution in [3.8, 4) is 0 Å². The van der Waals surface area contributed by atoms with E-state index in [1.165, 1.54) is 167 Å². The van der Waals surface area contributed by atoms with Crippen molar-refractivity contribution in [1.82, 2.24) is 5.32 Å². The molecule has 2 aliphatic heterocycles. The van der Waals surface area contributed by atoms with Gasteiger partial charge >= 0.3 is 0 Å². The first kappa shape index (κ1) is 64.1. The zero-order valence-electron chi connectivity index (χ0n) is 43.8. The summed E-state index contributed by atoms with van der Waals surface area (Å²) in [5, 5.41) is 86.6. The van der Waals surface area contributed by atoms with Crippen molar-refractivity contribution >= 4 is 5.91 Å². The summed E-state index contributed by atoms with van der Waals surface area (Å²) in [5.74, 6) is -0.216. The molecule has 14 heteroatoms. The molecule has 12 unspecified atom stereocenters. The molecule has 0 aromatic heterocycles. The van der Waals surface area contributed by atoms with E-state index in [0.29, 0.717) is 12.8 Å². The van der Waals surface area contributed by atoms with E-state index in [9.17, 15) is 45.6 Å². The number of carbonyl (C=O) groups is 1. The molecule has 0 aliphatic carbocycles. The van der Waals surface area contributed by atoms with Crippen LogP contribution in [0.2, 0.25) is 0 Å². The van der Waals surface area contributed by atoms with Crippen LogP contribution in [-0.4, -0.2) is 140 Å². The molecule has 0 aromatic rings. The van der Waals surface area contributed by atoms with Gasteiger partial charge in [0.2, 0.25) is 5.91 Å². The number of hydrogen-bond acceptors (Lipinski definition) is 13. The number of hydrogen-bond donors (Lipinski definition) is 9. The lowest BCUT2D eigenvalue weighted by atomic mass is 9.97. The minimum atomic E-state index is -1.78. The van der Waals surface area contributed by atoms with Crippen LogP contribution in [0.5, 0.6) is 0 Å². The fourth-order valence-corrected chi connectivity index (χ4v) is 9.89. The largest absolute Gasteiger partial charge is 0.394 e. The molecule has 2 aliphatic rings. The molecular formula is C55H107NO13. The summed E-state index contributed by atoms with van der Waals surface area (Å²) in [6, 6.07) is -0.819. The fourth-order valence-electron chi connectivity index (χ4n) is 9.89. The predicted octanol–water partition coefficient (Wildman–Crippen LogP) is 8.95. The Morgan fingerprint density at radius 2 is 0.826 bits per heavy atom. The van der Waals surface area contributed by atoms with Gasteiger partial charge in [-0.05, 0) is 12.8 Å². The molecule has 0 aromatic carbocycles. The molecule has 0 bridgehead atoms. The molecule has 12 atom stereocenters. The number of aliphatic hydroxyl groups is 8. The summed E-state index contributed by atoms with van der Waals surface area (Å²) in [5.41, 5.74) is 0. The SMILES string of the molecule is CCCCCCCCCCCCCCCCCCCCCCCCCCCCCCCCC(O)C(COC1OC(CO)C(OC2OC(CO)C(O)C(O)C2O)C(O)C1O)NC(=O)CCCCCCC. The van der Waals surface area contributed by atoms with Crippen LogP contribution in [0.4, 0.5) is 0 Å². The number of aliphatic hydroxyl groups excluding tert-OH is 8. The lowest BCUT2D eigenvalue weighted by Crippen LogP contribution is -2.65. The fraction of sp³-hybridized carbons (Fsp3) is 0.982. The number of rotatable bonds is 46. The lowest BCUT2D eigenvalue weighted by molar-refractivity contribution is -0.359. The average Bonchev–Trinajstić information content (AvgIpc) is 3.35. The van der Waals surface area contributed by atoms with E-state index < -0.39 is 86.8 Å². The van der Waals surface area contributed by atoms with Crippen LogP contribution in [0, 0.1) is 0 Å². The van der Waals surface area contributed by atoms with Crippen LogP contribution in [0.1, 0.15) is 251 Å². The molecule has 2 rings (SSSR count). The van der Waals surface area contributed by atoms with Crippen molar-refractivity contribution in [3.63, 3.8) is 0 Å². The first-order valence-corrected chi connectivity index (χ1v) is 28.8. The minimum absolute atomic E-state index is 0.216. The topological polar surface area (TPSA) is 228 Å². The maximum atomic E-state index is 13.0. The Bertz CT molecular complexity index is 1170. The Morgan fingerprint density at radius 3 is 1.23 bits per heavy atom. The van der Waals surface area contributed by atoms with Crippen molar-refractivity contribution < 1.29 is 64.6 Å². The summed E-state index contributed by atoms with van der Waals surface area (Å²) in [6.07, 6.45) is 29.1. The van der Waals surface area contributed by atoms with Crippen LogP contribution < -0.4 is 5.32 Å². The summed E-state index contributed by atoms with van der Waals surface area (Å²) < 4.78 is 22.7. The Balaban J connectivity index is 1.57. The van der Waals surface area contributed by atoms with Gasteiger partial charge in [0.1, 0.15) is 48.8 Å². The summed E-state index contributed by atoms with van der Waals surface area (Å²) >= 11 is 0. The number of carbonyl (C=O) groups excluding carboxylic acids is 1. The van der Waals surface area contributed by atoms with Crippen LogP contribution in [-0.2, 0) is 23.7 Å². The van der Waals surface area contributed by atoms with Crippen LogP contribution in [0.3, 0.4) is 0 Å². The van der Waals surface area contributed by atoms with Crippen molar-refractivity contribution in [3.05, 3.63) is 0 Å². The normalized spacial score (nSPS) is 26.1. The van der Waals surface area contributed by atoms with E-state index in [0.717, 1.165) is 57.8 Å². The first-order chi connectivity index (χ1) is 33.6. The molecule has 69 heavy (non-hydrogen) atoms. The van der Waals surface area contributed by atoms with Gasteiger partial charge in [-0.2, -0.15) is 0 Å². The van der Waals surface area contributed by atoms with Crippen molar-refractivity contribution in [1.29, 1.82) is 0 Å². The van der Waals surface area contributed by atoms with Gasteiger partial charge in [0, 0.05) is 6.42 Å². The molecule has 410 valence electrons. The van der Waals surface area contributed by atoms with E-state index in [4.69, 9.17) is 18.9 Å². The Labute approximate surface area is 419 Å². The minimum Gasteiger partial charge on any atom is -0.394 e. The van der Waals surface area contributed by atoms with E-state index in [-0.39, 0.29) is 12.5 Å². The van der Waals surface area contributed by atoms with Gasteiger partial charge < -0.3 is 65.1 Å². The monoisotopic (exact) mass is 990 g/mol. The molecule has 0 saturated carbocycles. The third kappa shape index (κ3) is 28.9. The van der Waals surface area contributed by atoms with Crippen molar-refractivity contribution in [2.45, 2.75) is 325 Å². The van der Waals surface area contributed by atoms with Gasteiger partial charge in [-0.3, -0.25) is 4.79 Å². The second kappa shape index (κ2) is 42.4. The van der Waals surface area contributed by atoms with E-state index in [1.54, 1.807) is 0 Å². The second-order valence-corrected chi connectivity index (χ2v) is 20.8. The van der Waals surface area contributed by atoms with E-state index in [1.807, 2.05) is 0 Å². The van der Waals surface area contributed by atoms with Gasteiger partial charge in [-0.1, -0.05) is 232 Å². The molecule has 0 spiro atoms. The summed E-state index contributed by atoms with van der Waals surface area (Å²) in [6.45, 7) is 2.78. The zero-order chi connectivity index (χ0) is 50.3. The van der Waals surface area contributed by atoms with Crippen molar-refractivity contribution in [2.24, 2.45) is 0 Å². The Kier molecular flexibility index (Phi) is 39.4. The van der Waals surface area contributed by atoms with Gasteiger partial charge in [0.05, 0.1) is 32.0 Å². The Morgan fingerprint density at radius 1 is 0.464 bits per heavy atom. The number of amides is 1. The van der Waals surface area contributed by atoms with Gasteiger partial charge in [-0.15, -0.1) is 0 Å². The highest BCUT2D eigenvalue weighted by Gasteiger charge is 2.51. The number of unbranched alkanes of at least 4 members (excludes halogenated alkanes) is 33. The highest BCUT2D eigenvalue weighted by atomic mass is 16.7. The molecule has 2 saturated heterocycles. The highest BCUT2D eigenvalue weighted by Crippen LogP contribution is 2.30. The van der Waals surface area contributed by atoms with Crippen molar-refractivity contribution in [2.75, 3.05) is 19.8 Å². The molecule has 9 N–H and O–H groups in total. The summed E-state index contributed by atoms with van der Waals surface area (Å²) in [4.78, 5) is 13.0. The van der Waals surface area contributed by atoms with Gasteiger partial charge in [0.15, 0.2) is 12.6 Å². The maximum absolute atomic E-state index is 13.0. The zero-order valence-corrected chi connectivity index (χ0v) is 43.8. The molecular weight excluding hydrogens is 883 g/mol. The standard InChI is InChI=1S/C55H107NO13/c1-3-5-7-9-10-11-12-13-14-15-16-17-18-19-20-21-22-23-24-25-26-27-28-29-30-31-32-33-35-36-38-44(59)43(56-47(60)39-37-34-8-6-4-2)42-66-54-52(65)50(63)53(46(41-58)68-54)69-55-51(64)49(62)48(61)45(40-57)67-55/h43-46,48-55,57-59,61-65H,3-42H2,1-2H3,(H,56,60). The molecule has 0 radical (unpaired) electrons. The lowest BCUT2D eigenvalue weighted by Gasteiger charge is -2.46. The van der Waals surface area contributed by atoms with E-state index in [2.05, 4.69) is 19.2 Å². The first-order valence-electron chi connectivity index (χ1n) is 28.8. The predicted molar refractivity (Wildman–Crippen MR) is 272 cm³/mol. The van der Waals surface area contributed by atoms with E-state index >= 15 is 0 Å². The second-order valence-electron chi connectivity index (χ2n) is 20.8. The third-order valence-corrected chi connectivity index (χ3v) is 14.6. The van der Waals surface area contributed by atoms with Crippen LogP contribution in [0.15, 0.2) is 0 Å². The number of nitrogens with one attached hydrogen (secondary N) is 1. The highest BCUT2D eigenvalue weighted by molar-refractivity contribution is 5.76. The van der Waals surface area contributed by atoms with Crippen LogP contribution in [0.25, 0.3) is 0 Å². The molecule has 14 nitrogen and oxygen atoms in total. The average molecular weight is 990 g/mol. The van der Waals surface area contributed by atoms with Gasteiger partial charge in [-0.25, -0.2) is 0 Å². The quantitative estimate of drug-likeness (QED) is 0.0260. The van der Waals surface area contributed by atoms with Gasteiger partial charge in [0.25, 0.3) is 0 Å². The molecule has 1 amide bonds. The molecule has 2 heterocycles. The third-order valence-electron chi connectivity index (χ3n) is 14.6. The smallest absolute Gasteiger partial charge is 0.220 e. The number of ether oxygens (including phenoxy) is 4. The Hall–Kier alpha value is -1.01.